The second-order valence-corrected chi connectivity index (χ2v) is 7.42. The van der Waals surface area contributed by atoms with Crippen molar-refractivity contribution < 1.29 is 9.53 Å². The Labute approximate surface area is 156 Å². The fourth-order valence-corrected chi connectivity index (χ4v) is 4.02. The zero-order valence-corrected chi connectivity index (χ0v) is 16.5. The van der Waals surface area contributed by atoms with Crippen molar-refractivity contribution in [2.45, 2.75) is 59.2 Å². The van der Waals surface area contributed by atoms with Gasteiger partial charge in [0, 0.05) is 50.6 Å². The Morgan fingerprint density at radius 2 is 2.00 bits per heavy atom. The highest BCUT2D eigenvalue weighted by Crippen LogP contribution is 2.15. The van der Waals surface area contributed by atoms with E-state index >= 15 is 0 Å². The minimum atomic E-state index is 0.00460. The van der Waals surface area contributed by atoms with E-state index in [2.05, 4.69) is 29.2 Å². The molecule has 0 saturated carbocycles. The number of hydrogen-bond donors (Lipinski definition) is 1. The monoisotopic (exact) mass is 363 g/mol. The molecule has 7 heteroatoms. The van der Waals surface area contributed by atoms with Crippen molar-refractivity contribution >= 4 is 6.03 Å². The van der Waals surface area contributed by atoms with Gasteiger partial charge in [-0.15, -0.1) is 0 Å². The van der Waals surface area contributed by atoms with Crippen molar-refractivity contribution in [2.75, 3.05) is 39.3 Å². The Morgan fingerprint density at radius 3 is 2.69 bits per heavy atom. The minimum Gasteiger partial charge on any atom is -0.375 e. The Balaban J connectivity index is 1.55. The molecule has 2 aliphatic rings. The van der Waals surface area contributed by atoms with Crippen LogP contribution in [0, 0.1) is 13.8 Å². The lowest BCUT2D eigenvalue weighted by Crippen LogP contribution is -2.45. The molecule has 1 N–H and O–H groups in total. The van der Waals surface area contributed by atoms with E-state index in [1.165, 1.54) is 12.8 Å². The van der Waals surface area contributed by atoms with Crippen molar-refractivity contribution in [3.8, 4) is 0 Å². The summed E-state index contributed by atoms with van der Waals surface area (Å²) in [4.78, 5) is 17.1. The lowest BCUT2D eigenvalue weighted by Gasteiger charge is -2.27. The van der Waals surface area contributed by atoms with Crippen LogP contribution in [0.1, 0.15) is 43.1 Å². The molecular weight excluding hydrogens is 330 g/mol. The second-order valence-electron chi connectivity index (χ2n) is 7.42. The highest BCUT2D eigenvalue weighted by atomic mass is 16.5. The number of ether oxygens (including phenoxy) is 1. The molecule has 2 amide bonds. The first-order chi connectivity index (χ1) is 12.6. The van der Waals surface area contributed by atoms with Gasteiger partial charge in [0.25, 0.3) is 0 Å². The molecule has 0 aromatic carbocycles. The van der Waals surface area contributed by atoms with Gasteiger partial charge in [0.1, 0.15) is 0 Å². The number of aryl methyl sites for hydroxylation is 2. The first-order valence-corrected chi connectivity index (χ1v) is 9.98. The Kier molecular flexibility index (Phi) is 6.53. The number of likely N-dealkylation sites (tertiary alicyclic amines) is 1. The molecule has 3 rings (SSSR count). The van der Waals surface area contributed by atoms with E-state index in [1.807, 2.05) is 16.5 Å². The predicted octanol–water partition coefficient (Wildman–Crippen LogP) is 1.92. The molecule has 1 atom stereocenters. The van der Waals surface area contributed by atoms with E-state index in [4.69, 9.17) is 4.74 Å². The summed E-state index contributed by atoms with van der Waals surface area (Å²) in [5.41, 5.74) is 3.26. The molecule has 3 heterocycles. The third kappa shape index (κ3) is 4.57. The van der Waals surface area contributed by atoms with Gasteiger partial charge in [0.05, 0.1) is 11.8 Å². The highest BCUT2D eigenvalue weighted by molar-refractivity contribution is 5.74. The number of aromatic nitrogens is 2. The Morgan fingerprint density at radius 1 is 1.23 bits per heavy atom. The molecule has 0 unspecified atom stereocenters. The number of hydrogen-bond acceptors (Lipinski definition) is 4. The van der Waals surface area contributed by atoms with Gasteiger partial charge in [-0.25, -0.2) is 4.79 Å². The number of urea groups is 1. The van der Waals surface area contributed by atoms with E-state index in [9.17, 15) is 4.79 Å². The summed E-state index contributed by atoms with van der Waals surface area (Å²) >= 11 is 0. The fourth-order valence-electron chi connectivity index (χ4n) is 4.02. The molecule has 0 radical (unpaired) electrons. The van der Waals surface area contributed by atoms with Crippen LogP contribution in [0.2, 0.25) is 0 Å². The van der Waals surface area contributed by atoms with Crippen LogP contribution in [0.5, 0.6) is 0 Å². The summed E-state index contributed by atoms with van der Waals surface area (Å²) in [6.45, 7) is 13.0. The molecule has 0 spiro atoms. The Hall–Kier alpha value is -1.60. The fraction of sp³-hybridized carbons (Fsp3) is 0.789. The zero-order chi connectivity index (χ0) is 18.5. The first kappa shape index (κ1) is 19.2. The topological polar surface area (TPSA) is 62.6 Å². The van der Waals surface area contributed by atoms with Gasteiger partial charge in [0.2, 0.25) is 0 Å². The third-order valence-electron chi connectivity index (χ3n) is 5.54. The van der Waals surface area contributed by atoms with Crippen LogP contribution in [0.4, 0.5) is 4.79 Å². The molecule has 1 aromatic heterocycles. The van der Waals surface area contributed by atoms with Gasteiger partial charge in [-0.2, -0.15) is 5.10 Å². The molecule has 0 bridgehead atoms. The van der Waals surface area contributed by atoms with Crippen molar-refractivity contribution in [1.82, 2.24) is 24.9 Å². The molecule has 7 nitrogen and oxygen atoms in total. The van der Waals surface area contributed by atoms with Crippen molar-refractivity contribution in [2.24, 2.45) is 0 Å². The van der Waals surface area contributed by atoms with Crippen LogP contribution in [-0.2, 0) is 17.8 Å². The predicted molar refractivity (Wildman–Crippen MR) is 101 cm³/mol. The van der Waals surface area contributed by atoms with Crippen LogP contribution in [0.15, 0.2) is 0 Å². The summed E-state index contributed by atoms with van der Waals surface area (Å²) < 4.78 is 7.98. The standard InChI is InChI=1S/C19H33N5O2/c1-4-24-16(3)18(15(2)21-24)12-20-19(25)23-10-7-11-26-17(14-23)13-22-8-5-6-9-22/h17H,4-14H2,1-3H3,(H,20,25)/t17-/m1/s1. The number of carbonyl (C=O) groups excluding carboxylic acids is 1. The summed E-state index contributed by atoms with van der Waals surface area (Å²) in [7, 11) is 0. The van der Waals surface area contributed by atoms with Gasteiger partial charge in [-0.1, -0.05) is 0 Å². The molecule has 2 fully saturated rings. The number of nitrogens with zero attached hydrogens (tertiary/aromatic N) is 4. The van der Waals surface area contributed by atoms with Gasteiger partial charge in [-0.05, 0) is 53.1 Å². The lowest BCUT2D eigenvalue weighted by atomic mass is 10.2. The highest BCUT2D eigenvalue weighted by Gasteiger charge is 2.25. The van der Waals surface area contributed by atoms with E-state index in [0.717, 1.165) is 62.7 Å². The largest absolute Gasteiger partial charge is 0.375 e. The summed E-state index contributed by atoms with van der Waals surface area (Å²) in [6.07, 6.45) is 3.57. The van der Waals surface area contributed by atoms with Crippen LogP contribution < -0.4 is 5.32 Å². The van der Waals surface area contributed by atoms with Gasteiger partial charge >= 0.3 is 6.03 Å². The van der Waals surface area contributed by atoms with Gasteiger partial charge in [-0.3, -0.25) is 4.68 Å². The zero-order valence-electron chi connectivity index (χ0n) is 16.5. The van der Waals surface area contributed by atoms with Crippen LogP contribution in [-0.4, -0.2) is 71.0 Å². The van der Waals surface area contributed by atoms with E-state index in [1.54, 1.807) is 0 Å². The van der Waals surface area contributed by atoms with E-state index in [-0.39, 0.29) is 12.1 Å². The number of nitrogens with one attached hydrogen (secondary N) is 1. The van der Waals surface area contributed by atoms with Crippen LogP contribution in [0.3, 0.4) is 0 Å². The summed E-state index contributed by atoms with van der Waals surface area (Å²) in [6, 6.07) is 0.00460. The molecular formula is C19H33N5O2. The third-order valence-corrected chi connectivity index (χ3v) is 5.54. The minimum absolute atomic E-state index is 0.00460. The maximum atomic E-state index is 12.7. The van der Waals surface area contributed by atoms with Gasteiger partial charge < -0.3 is 19.9 Å². The summed E-state index contributed by atoms with van der Waals surface area (Å²) in [5, 5.41) is 7.62. The average Bonchev–Trinajstić information content (AvgIpc) is 3.14. The van der Waals surface area contributed by atoms with Crippen LogP contribution >= 0.6 is 0 Å². The summed E-state index contributed by atoms with van der Waals surface area (Å²) in [5.74, 6) is 0. The van der Waals surface area contributed by atoms with Crippen molar-refractivity contribution in [3.05, 3.63) is 17.0 Å². The number of carbonyl (C=O) groups is 1. The smallest absolute Gasteiger partial charge is 0.317 e. The lowest BCUT2D eigenvalue weighted by molar-refractivity contribution is 0.0349. The molecule has 2 aliphatic heterocycles. The van der Waals surface area contributed by atoms with Crippen molar-refractivity contribution in [1.29, 1.82) is 0 Å². The SMILES string of the molecule is CCn1nc(C)c(CNC(=O)N2CCCO[C@H](CN3CCCC3)C2)c1C. The molecule has 26 heavy (non-hydrogen) atoms. The molecule has 0 aliphatic carbocycles. The molecule has 2 saturated heterocycles. The first-order valence-electron chi connectivity index (χ1n) is 9.98. The second kappa shape index (κ2) is 8.86. The normalized spacial score (nSPS) is 21.8. The molecule has 1 aromatic rings. The molecule has 146 valence electrons. The maximum absolute atomic E-state index is 12.7. The quantitative estimate of drug-likeness (QED) is 0.868. The Bertz CT molecular complexity index is 609. The van der Waals surface area contributed by atoms with Crippen molar-refractivity contribution in [3.63, 3.8) is 0 Å². The number of rotatable bonds is 5. The average molecular weight is 364 g/mol. The van der Waals surface area contributed by atoms with E-state index < -0.39 is 0 Å². The van der Waals surface area contributed by atoms with Gasteiger partial charge in [0.15, 0.2) is 0 Å². The van der Waals surface area contributed by atoms with E-state index in [0.29, 0.717) is 13.1 Å². The number of amides is 2. The van der Waals surface area contributed by atoms with Crippen LogP contribution in [0.25, 0.3) is 0 Å². The maximum Gasteiger partial charge on any atom is 0.317 e.